The summed E-state index contributed by atoms with van der Waals surface area (Å²) in [6.07, 6.45) is 2.06. The van der Waals surface area contributed by atoms with Crippen molar-refractivity contribution in [3.63, 3.8) is 0 Å². The van der Waals surface area contributed by atoms with Gasteiger partial charge in [0.05, 0.1) is 6.20 Å². The highest BCUT2D eigenvalue weighted by Gasteiger charge is 2.18. The van der Waals surface area contributed by atoms with E-state index in [-0.39, 0.29) is 0 Å². The third-order valence-electron chi connectivity index (χ3n) is 2.36. The SMILES string of the molecule is CC(C)(C)OC(=O)n1cc(-c2cc(F)cc(F)c2)cn1. The van der Waals surface area contributed by atoms with E-state index in [4.69, 9.17) is 4.74 Å². The Morgan fingerprint density at radius 1 is 1.15 bits per heavy atom. The predicted octanol–water partition coefficient (Wildman–Crippen LogP) is 3.61. The lowest BCUT2D eigenvalue weighted by molar-refractivity contribution is 0.0514. The van der Waals surface area contributed by atoms with E-state index in [1.165, 1.54) is 24.5 Å². The van der Waals surface area contributed by atoms with Crippen LogP contribution in [0, 0.1) is 11.6 Å². The maximum absolute atomic E-state index is 13.1. The van der Waals surface area contributed by atoms with E-state index in [1.807, 2.05) is 0 Å². The summed E-state index contributed by atoms with van der Waals surface area (Å²) >= 11 is 0. The number of rotatable bonds is 1. The molecular formula is C14H14F2N2O2. The normalized spacial score (nSPS) is 11.4. The number of ether oxygens (including phenoxy) is 1. The van der Waals surface area contributed by atoms with Gasteiger partial charge in [-0.25, -0.2) is 13.6 Å². The van der Waals surface area contributed by atoms with Crippen LogP contribution in [0.4, 0.5) is 13.6 Å². The van der Waals surface area contributed by atoms with Gasteiger partial charge in [0.25, 0.3) is 0 Å². The fraction of sp³-hybridized carbons (Fsp3) is 0.286. The molecule has 1 aromatic heterocycles. The first kappa shape index (κ1) is 14.2. The highest BCUT2D eigenvalue weighted by Crippen LogP contribution is 2.21. The van der Waals surface area contributed by atoms with E-state index in [0.29, 0.717) is 11.1 Å². The van der Waals surface area contributed by atoms with Crippen molar-refractivity contribution in [1.29, 1.82) is 0 Å². The second kappa shape index (κ2) is 5.03. The molecule has 6 heteroatoms. The van der Waals surface area contributed by atoms with Crippen LogP contribution in [0.15, 0.2) is 30.6 Å². The molecule has 0 atom stereocenters. The topological polar surface area (TPSA) is 44.1 Å². The van der Waals surface area contributed by atoms with Crippen LogP contribution in [0.1, 0.15) is 20.8 Å². The molecule has 106 valence electrons. The van der Waals surface area contributed by atoms with Crippen LogP contribution in [0.3, 0.4) is 0 Å². The first-order valence-corrected chi connectivity index (χ1v) is 5.99. The average molecular weight is 280 g/mol. The summed E-state index contributed by atoms with van der Waals surface area (Å²) in [6, 6.07) is 3.11. The van der Waals surface area contributed by atoms with Crippen LogP contribution in [-0.2, 0) is 4.74 Å². The van der Waals surface area contributed by atoms with E-state index in [0.717, 1.165) is 10.7 Å². The monoisotopic (exact) mass is 280 g/mol. The fourth-order valence-corrected chi connectivity index (χ4v) is 1.60. The number of nitrogens with zero attached hydrogens (tertiary/aromatic N) is 2. The summed E-state index contributed by atoms with van der Waals surface area (Å²) in [6.45, 7) is 5.20. The smallest absolute Gasteiger partial charge is 0.435 e. The van der Waals surface area contributed by atoms with Crippen molar-refractivity contribution < 1.29 is 18.3 Å². The number of hydrogen-bond donors (Lipinski definition) is 0. The molecule has 0 fully saturated rings. The number of halogens is 2. The van der Waals surface area contributed by atoms with E-state index in [2.05, 4.69) is 5.10 Å². The van der Waals surface area contributed by atoms with Crippen molar-refractivity contribution in [3.05, 3.63) is 42.2 Å². The largest absolute Gasteiger partial charge is 0.442 e. The van der Waals surface area contributed by atoms with E-state index in [1.54, 1.807) is 20.8 Å². The fourth-order valence-electron chi connectivity index (χ4n) is 1.60. The Morgan fingerprint density at radius 2 is 1.75 bits per heavy atom. The predicted molar refractivity (Wildman–Crippen MR) is 69.2 cm³/mol. The Labute approximate surface area is 115 Å². The van der Waals surface area contributed by atoms with Crippen LogP contribution in [0.25, 0.3) is 11.1 Å². The molecule has 2 rings (SSSR count). The average Bonchev–Trinajstić information content (AvgIpc) is 2.74. The van der Waals surface area contributed by atoms with Crippen LogP contribution in [0.2, 0.25) is 0 Å². The van der Waals surface area contributed by atoms with Gasteiger partial charge < -0.3 is 4.74 Å². The summed E-state index contributed by atoms with van der Waals surface area (Å²) in [7, 11) is 0. The van der Waals surface area contributed by atoms with Gasteiger partial charge in [-0.15, -0.1) is 0 Å². The lowest BCUT2D eigenvalue weighted by atomic mass is 10.1. The molecule has 4 nitrogen and oxygen atoms in total. The van der Waals surface area contributed by atoms with E-state index >= 15 is 0 Å². The highest BCUT2D eigenvalue weighted by molar-refractivity contribution is 5.72. The second-order valence-corrected chi connectivity index (χ2v) is 5.31. The molecule has 0 saturated heterocycles. The Morgan fingerprint density at radius 3 is 2.30 bits per heavy atom. The molecule has 1 heterocycles. The van der Waals surface area contributed by atoms with Crippen molar-refractivity contribution >= 4 is 6.09 Å². The zero-order valence-corrected chi connectivity index (χ0v) is 11.4. The number of carbonyl (C=O) groups is 1. The summed E-state index contributed by atoms with van der Waals surface area (Å²) in [5.74, 6) is -1.38. The standard InChI is InChI=1S/C14H14F2N2O2/c1-14(2,3)20-13(19)18-8-10(7-17-18)9-4-11(15)6-12(16)5-9/h4-8H,1-3H3. The van der Waals surface area contributed by atoms with Gasteiger partial charge >= 0.3 is 6.09 Å². The van der Waals surface area contributed by atoms with Crippen molar-refractivity contribution in [3.8, 4) is 11.1 Å². The molecule has 0 radical (unpaired) electrons. The minimum absolute atomic E-state index is 0.303. The van der Waals surface area contributed by atoms with Gasteiger partial charge in [0, 0.05) is 17.8 Å². The second-order valence-electron chi connectivity index (χ2n) is 5.31. The number of hydrogen-bond acceptors (Lipinski definition) is 3. The van der Waals surface area contributed by atoms with Gasteiger partial charge in [-0.3, -0.25) is 0 Å². The molecule has 0 aliphatic rings. The van der Waals surface area contributed by atoms with Gasteiger partial charge in [-0.05, 0) is 38.5 Å². The molecular weight excluding hydrogens is 266 g/mol. The Bertz CT molecular complexity index is 625. The summed E-state index contributed by atoms with van der Waals surface area (Å²) in [5.41, 5.74) is 0.0836. The zero-order chi connectivity index (χ0) is 14.9. The molecule has 0 amide bonds. The Balaban J connectivity index is 2.27. The molecule has 0 aliphatic carbocycles. The minimum atomic E-state index is -0.690. The van der Waals surface area contributed by atoms with Gasteiger partial charge in [0.1, 0.15) is 17.2 Å². The first-order chi connectivity index (χ1) is 9.24. The minimum Gasteiger partial charge on any atom is -0.442 e. The maximum Gasteiger partial charge on any atom is 0.435 e. The molecule has 0 aliphatic heterocycles. The Hall–Kier alpha value is -2.24. The van der Waals surface area contributed by atoms with Crippen LogP contribution >= 0.6 is 0 Å². The lowest BCUT2D eigenvalue weighted by Gasteiger charge is -2.18. The molecule has 0 saturated carbocycles. The van der Waals surface area contributed by atoms with Crippen molar-refractivity contribution in [2.75, 3.05) is 0 Å². The third kappa shape index (κ3) is 3.40. The van der Waals surface area contributed by atoms with Gasteiger partial charge in [0.2, 0.25) is 0 Å². The third-order valence-corrected chi connectivity index (χ3v) is 2.36. The number of aromatic nitrogens is 2. The van der Waals surface area contributed by atoms with E-state index in [9.17, 15) is 13.6 Å². The van der Waals surface area contributed by atoms with Crippen LogP contribution < -0.4 is 0 Å². The molecule has 0 unspecified atom stereocenters. The van der Waals surface area contributed by atoms with Crippen molar-refractivity contribution in [2.45, 2.75) is 26.4 Å². The van der Waals surface area contributed by atoms with Gasteiger partial charge in [-0.2, -0.15) is 9.78 Å². The van der Waals surface area contributed by atoms with E-state index < -0.39 is 23.3 Å². The summed E-state index contributed by atoms with van der Waals surface area (Å²) < 4.78 is 32.4. The summed E-state index contributed by atoms with van der Waals surface area (Å²) in [4.78, 5) is 11.8. The van der Waals surface area contributed by atoms with Crippen molar-refractivity contribution in [1.82, 2.24) is 9.78 Å². The van der Waals surface area contributed by atoms with Crippen LogP contribution in [0.5, 0.6) is 0 Å². The molecule has 20 heavy (non-hydrogen) atoms. The van der Waals surface area contributed by atoms with Gasteiger partial charge in [0.15, 0.2) is 0 Å². The molecule has 0 N–H and O–H groups in total. The first-order valence-electron chi connectivity index (χ1n) is 5.99. The Kier molecular flexibility index (Phi) is 3.57. The van der Waals surface area contributed by atoms with Gasteiger partial charge in [-0.1, -0.05) is 0 Å². The molecule has 0 spiro atoms. The lowest BCUT2D eigenvalue weighted by Crippen LogP contribution is -2.27. The number of carbonyl (C=O) groups excluding carboxylic acids is 1. The van der Waals surface area contributed by atoms with Crippen LogP contribution in [-0.4, -0.2) is 21.5 Å². The molecule has 2 aromatic rings. The summed E-state index contributed by atoms with van der Waals surface area (Å²) in [5, 5.41) is 3.83. The highest BCUT2D eigenvalue weighted by atomic mass is 19.1. The maximum atomic E-state index is 13.1. The zero-order valence-electron chi connectivity index (χ0n) is 11.4. The van der Waals surface area contributed by atoms with Crippen molar-refractivity contribution in [2.24, 2.45) is 0 Å². The number of benzene rings is 1. The molecule has 0 bridgehead atoms. The quantitative estimate of drug-likeness (QED) is 0.801. The molecule has 1 aromatic carbocycles.